The molecular weight excluding hydrogens is 372 g/mol. The fourth-order valence-corrected chi connectivity index (χ4v) is 3.65. The van der Waals surface area contributed by atoms with Crippen molar-refractivity contribution in [1.82, 2.24) is 10.6 Å². The van der Waals surface area contributed by atoms with Gasteiger partial charge >= 0.3 is 12.0 Å². The summed E-state index contributed by atoms with van der Waals surface area (Å²) in [5.74, 6) is -0.635. The molecule has 1 saturated carbocycles. The van der Waals surface area contributed by atoms with Gasteiger partial charge in [0.25, 0.3) is 5.91 Å². The van der Waals surface area contributed by atoms with Crippen LogP contribution in [0.25, 0.3) is 10.8 Å². The van der Waals surface area contributed by atoms with Crippen LogP contribution in [0, 0.1) is 5.92 Å². The average molecular weight is 398 g/mol. The predicted molar refractivity (Wildman–Crippen MR) is 109 cm³/mol. The van der Waals surface area contributed by atoms with Gasteiger partial charge in [-0.2, -0.15) is 0 Å². The minimum atomic E-state index is -0.691. The molecule has 3 rings (SSSR count). The fourth-order valence-electron chi connectivity index (χ4n) is 3.65. The van der Waals surface area contributed by atoms with Gasteiger partial charge in [-0.3, -0.25) is 10.1 Å². The highest BCUT2D eigenvalue weighted by atomic mass is 16.5. The first-order valence-electron chi connectivity index (χ1n) is 9.82. The molecule has 3 amide bonds. The number of fused-ring (bicyclic) bond motifs is 1. The maximum Gasteiger partial charge on any atom is 0.342 e. The molecule has 1 fully saturated rings. The summed E-state index contributed by atoms with van der Waals surface area (Å²) in [6.45, 7) is 1.53. The van der Waals surface area contributed by atoms with E-state index in [9.17, 15) is 14.4 Å². The number of carbonyl (C=O) groups is 3. The number of methoxy groups -OCH3 is 1. The molecule has 0 saturated heterocycles. The zero-order valence-corrected chi connectivity index (χ0v) is 16.7. The Morgan fingerprint density at radius 2 is 1.76 bits per heavy atom. The van der Waals surface area contributed by atoms with E-state index in [0.717, 1.165) is 36.5 Å². The van der Waals surface area contributed by atoms with E-state index in [-0.39, 0.29) is 11.6 Å². The van der Waals surface area contributed by atoms with Crippen LogP contribution < -0.4 is 15.4 Å². The van der Waals surface area contributed by atoms with Crippen LogP contribution in [0.15, 0.2) is 36.4 Å². The molecule has 0 aliphatic heterocycles. The number of carbonyl (C=O) groups excluding carboxylic acids is 3. The topological polar surface area (TPSA) is 93.7 Å². The summed E-state index contributed by atoms with van der Waals surface area (Å²) >= 11 is 0. The van der Waals surface area contributed by atoms with Crippen molar-refractivity contribution in [3.05, 3.63) is 42.0 Å². The molecule has 1 aliphatic rings. The second-order valence-electron chi connectivity index (χ2n) is 7.37. The van der Waals surface area contributed by atoms with E-state index in [4.69, 9.17) is 9.47 Å². The number of hydrogen-bond acceptors (Lipinski definition) is 5. The van der Waals surface area contributed by atoms with Crippen molar-refractivity contribution in [1.29, 1.82) is 0 Å². The second-order valence-corrected chi connectivity index (χ2v) is 7.37. The van der Waals surface area contributed by atoms with Crippen molar-refractivity contribution in [2.24, 2.45) is 5.92 Å². The van der Waals surface area contributed by atoms with Crippen LogP contribution >= 0.6 is 0 Å². The summed E-state index contributed by atoms with van der Waals surface area (Å²) in [7, 11) is 1.46. The molecule has 2 N–H and O–H groups in total. The lowest BCUT2D eigenvalue weighted by atomic mass is 9.86. The standard InChI is InChI=1S/C22H26N2O5/c1-14-7-3-6-10-18(14)23-22(27)24-20(25)13-29-21(26)17-11-15-8-4-5-9-16(15)12-19(17)28-2/h4-5,8-9,11-12,14,18H,3,6-7,10,13H2,1-2H3,(H2,23,24,25,27)/t14-,18+/m0/s1. The van der Waals surface area contributed by atoms with Crippen molar-refractivity contribution >= 4 is 28.7 Å². The van der Waals surface area contributed by atoms with Crippen LogP contribution in [-0.2, 0) is 9.53 Å². The molecule has 2 atom stereocenters. The zero-order valence-electron chi connectivity index (χ0n) is 16.7. The summed E-state index contributed by atoms with van der Waals surface area (Å²) < 4.78 is 10.4. The van der Waals surface area contributed by atoms with Gasteiger partial charge in [0.15, 0.2) is 6.61 Å². The molecule has 7 nitrogen and oxygen atoms in total. The number of imide groups is 1. The zero-order chi connectivity index (χ0) is 20.8. The maximum absolute atomic E-state index is 12.4. The van der Waals surface area contributed by atoms with Crippen molar-refractivity contribution < 1.29 is 23.9 Å². The lowest BCUT2D eigenvalue weighted by molar-refractivity contribution is -0.123. The molecule has 0 aromatic heterocycles. The van der Waals surface area contributed by atoms with Crippen LogP contribution in [0.1, 0.15) is 43.0 Å². The molecule has 154 valence electrons. The molecule has 0 bridgehead atoms. The summed E-state index contributed by atoms with van der Waals surface area (Å²) in [4.78, 5) is 36.5. The third-order valence-corrected chi connectivity index (χ3v) is 5.30. The van der Waals surface area contributed by atoms with Crippen molar-refractivity contribution in [2.45, 2.75) is 38.6 Å². The number of rotatable bonds is 5. The smallest absolute Gasteiger partial charge is 0.342 e. The highest BCUT2D eigenvalue weighted by Crippen LogP contribution is 2.26. The van der Waals surface area contributed by atoms with Crippen LogP contribution in [0.3, 0.4) is 0 Å². The van der Waals surface area contributed by atoms with Crippen molar-refractivity contribution in [3.63, 3.8) is 0 Å². The Bertz CT molecular complexity index is 911. The lowest BCUT2D eigenvalue weighted by Crippen LogP contribution is -2.48. The van der Waals surface area contributed by atoms with E-state index in [1.807, 2.05) is 24.3 Å². The van der Waals surface area contributed by atoms with Gasteiger partial charge in [0, 0.05) is 6.04 Å². The number of esters is 1. The Morgan fingerprint density at radius 3 is 2.45 bits per heavy atom. The molecule has 2 aromatic rings. The number of hydrogen-bond donors (Lipinski definition) is 2. The first-order valence-corrected chi connectivity index (χ1v) is 9.82. The minimum absolute atomic E-state index is 0.0564. The van der Waals surface area contributed by atoms with Crippen LogP contribution in [0.4, 0.5) is 4.79 Å². The largest absolute Gasteiger partial charge is 0.496 e. The number of ether oxygens (including phenoxy) is 2. The molecule has 1 aliphatic carbocycles. The first kappa shape index (κ1) is 20.6. The Hall–Kier alpha value is -3.09. The monoisotopic (exact) mass is 398 g/mol. The Labute approximate surface area is 169 Å². The van der Waals surface area contributed by atoms with Gasteiger partial charge in [0.05, 0.1) is 7.11 Å². The minimum Gasteiger partial charge on any atom is -0.496 e. The number of benzene rings is 2. The van der Waals surface area contributed by atoms with Gasteiger partial charge in [-0.1, -0.05) is 44.0 Å². The highest BCUT2D eigenvalue weighted by molar-refractivity contribution is 6.00. The quantitative estimate of drug-likeness (QED) is 0.753. The van der Waals surface area contributed by atoms with Gasteiger partial charge in [-0.15, -0.1) is 0 Å². The average Bonchev–Trinajstić information content (AvgIpc) is 2.72. The van der Waals surface area contributed by atoms with Gasteiger partial charge < -0.3 is 14.8 Å². The van der Waals surface area contributed by atoms with Crippen molar-refractivity contribution in [2.75, 3.05) is 13.7 Å². The fraction of sp³-hybridized carbons (Fsp3) is 0.409. The van der Waals surface area contributed by atoms with E-state index in [0.29, 0.717) is 11.7 Å². The predicted octanol–water partition coefficient (Wildman–Crippen LogP) is 3.41. The van der Waals surface area contributed by atoms with Gasteiger partial charge in [0.2, 0.25) is 0 Å². The van der Waals surface area contributed by atoms with Gasteiger partial charge in [-0.05, 0) is 41.7 Å². The van der Waals surface area contributed by atoms with E-state index < -0.39 is 24.5 Å². The molecule has 0 heterocycles. The molecule has 29 heavy (non-hydrogen) atoms. The summed E-state index contributed by atoms with van der Waals surface area (Å²) in [5, 5.41) is 6.82. The first-order chi connectivity index (χ1) is 14.0. The Balaban J connectivity index is 1.55. The lowest BCUT2D eigenvalue weighted by Gasteiger charge is -2.29. The van der Waals surface area contributed by atoms with E-state index in [1.54, 1.807) is 12.1 Å². The molecular formula is C22H26N2O5. The molecule has 0 radical (unpaired) electrons. The third-order valence-electron chi connectivity index (χ3n) is 5.30. The van der Waals surface area contributed by atoms with Gasteiger partial charge in [-0.25, -0.2) is 9.59 Å². The number of urea groups is 1. The normalized spacial score (nSPS) is 18.7. The Morgan fingerprint density at radius 1 is 1.07 bits per heavy atom. The number of nitrogens with one attached hydrogen (secondary N) is 2. The summed E-state index contributed by atoms with van der Waals surface area (Å²) in [6.07, 6.45) is 4.19. The van der Waals surface area contributed by atoms with Crippen molar-refractivity contribution in [3.8, 4) is 5.75 Å². The molecule has 0 unspecified atom stereocenters. The van der Waals surface area contributed by atoms with Gasteiger partial charge in [0.1, 0.15) is 11.3 Å². The molecule has 7 heteroatoms. The van der Waals surface area contributed by atoms with Crippen LogP contribution in [-0.4, -0.2) is 37.7 Å². The van der Waals surface area contributed by atoms with Crippen LogP contribution in [0.5, 0.6) is 5.75 Å². The second kappa shape index (κ2) is 9.41. The summed E-state index contributed by atoms with van der Waals surface area (Å²) in [5.41, 5.74) is 0.222. The maximum atomic E-state index is 12.4. The SMILES string of the molecule is COc1cc2ccccc2cc1C(=O)OCC(=O)NC(=O)N[C@@H]1CCCC[C@@H]1C. The number of amides is 3. The van der Waals surface area contributed by atoms with E-state index in [2.05, 4.69) is 17.6 Å². The highest BCUT2D eigenvalue weighted by Gasteiger charge is 2.24. The van der Waals surface area contributed by atoms with E-state index in [1.165, 1.54) is 7.11 Å². The molecule has 2 aromatic carbocycles. The van der Waals surface area contributed by atoms with Crippen LogP contribution in [0.2, 0.25) is 0 Å². The van der Waals surface area contributed by atoms with E-state index >= 15 is 0 Å². The molecule has 0 spiro atoms. The Kier molecular flexibility index (Phi) is 6.69. The summed E-state index contributed by atoms with van der Waals surface area (Å²) in [6, 6.07) is 10.4. The third kappa shape index (κ3) is 5.25.